The number of hydrogen-bond donors (Lipinski definition) is 1. The van der Waals surface area contributed by atoms with Gasteiger partial charge in [-0.2, -0.15) is 0 Å². The van der Waals surface area contributed by atoms with E-state index in [1.54, 1.807) is 12.1 Å². The molecule has 1 heterocycles. The molecule has 0 spiro atoms. The van der Waals surface area contributed by atoms with Crippen LogP contribution in [-0.2, 0) is 13.1 Å². The van der Waals surface area contributed by atoms with Crippen LogP contribution >= 0.6 is 0 Å². The first-order valence-corrected chi connectivity index (χ1v) is 7.65. The lowest BCUT2D eigenvalue weighted by Crippen LogP contribution is -2.17. The average molecular weight is 366 g/mol. The van der Waals surface area contributed by atoms with E-state index in [-0.39, 0.29) is 11.6 Å². The number of nitrogens with one attached hydrogen (secondary N) is 1. The topological polar surface area (TPSA) is 47.3 Å². The molecule has 136 valence electrons. The molecule has 8 heteroatoms. The number of aromatic nitrogens is 1. The van der Waals surface area contributed by atoms with Crippen LogP contribution in [0.3, 0.4) is 0 Å². The Hall–Kier alpha value is -2.87. The van der Waals surface area contributed by atoms with Crippen molar-refractivity contribution in [2.75, 3.05) is 0 Å². The monoisotopic (exact) mass is 366 g/mol. The molecule has 0 atom stereocenters. The van der Waals surface area contributed by atoms with Gasteiger partial charge in [-0.1, -0.05) is 18.2 Å². The Bertz CT molecular complexity index is 860. The van der Waals surface area contributed by atoms with Gasteiger partial charge in [0.25, 0.3) is 0 Å². The van der Waals surface area contributed by atoms with Crippen molar-refractivity contribution < 1.29 is 26.7 Å². The van der Waals surface area contributed by atoms with Crippen molar-refractivity contribution in [3.63, 3.8) is 0 Å². The molecule has 0 bridgehead atoms. The van der Waals surface area contributed by atoms with E-state index in [4.69, 9.17) is 4.42 Å². The number of halogens is 4. The van der Waals surface area contributed by atoms with E-state index in [9.17, 15) is 17.6 Å². The second-order valence-corrected chi connectivity index (χ2v) is 5.45. The van der Waals surface area contributed by atoms with Crippen LogP contribution in [0.4, 0.5) is 17.6 Å². The van der Waals surface area contributed by atoms with Gasteiger partial charge in [0, 0.05) is 18.7 Å². The van der Waals surface area contributed by atoms with Gasteiger partial charge in [-0.15, -0.1) is 13.2 Å². The standard InChI is InChI=1S/C18H14F4N2O2/c19-14-3-1-2-13(8-14)17-24-15(11-25-17)10-23-9-12-4-6-16(7-5-12)26-18(20,21)22/h1-8,11,23H,9-10H2. The zero-order chi connectivity index (χ0) is 18.6. The molecule has 3 aromatic rings. The summed E-state index contributed by atoms with van der Waals surface area (Å²) in [6, 6.07) is 11.5. The Kier molecular flexibility index (Phi) is 5.22. The van der Waals surface area contributed by atoms with Gasteiger partial charge in [-0.05, 0) is 35.9 Å². The Morgan fingerprint density at radius 3 is 2.50 bits per heavy atom. The van der Waals surface area contributed by atoms with Crippen LogP contribution in [0, 0.1) is 5.82 Å². The number of rotatable bonds is 6. The molecule has 26 heavy (non-hydrogen) atoms. The molecule has 0 fully saturated rings. The zero-order valence-electron chi connectivity index (χ0n) is 13.4. The average Bonchev–Trinajstić information content (AvgIpc) is 3.04. The van der Waals surface area contributed by atoms with Gasteiger partial charge in [0.1, 0.15) is 17.8 Å². The van der Waals surface area contributed by atoms with Crippen molar-refractivity contribution >= 4 is 0 Å². The van der Waals surface area contributed by atoms with Crippen molar-refractivity contribution in [3.8, 4) is 17.2 Å². The van der Waals surface area contributed by atoms with Crippen molar-refractivity contribution in [2.24, 2.45) is 0 Å². The molecule has 0 saturated carbocycles. The first-order chi connectivity index (χ1) is 12.4. The quantitative estimate of drug-likeness (QED) is 0.644. The van der Waals surface area contributed by atoms with E-state index in [1.807, 2.05) is 0 Å². The lowest BCUT2D eigenvalue weighted by Gasteiger charge is -2.09. The van der Waals surface area contributed by atoms with Gasteiger partial charge >= 0.3 is 6.36 Å². The van der Waals surface area contributed by atoms with Crippen LogP contribution in [0.5, 0.6) is 5.75 Å². The maximum atomic E-state index is 13.2. The molecule has 3 rings (SSSR count). The highest BCUT2D eigenvalue weighted by molar-refractivity contribution is 5.52. The number of nitrogens with zero attached hydrogens (tertiary/aromatic N) is 1. The number of alkyl halides is 3. The summed E-state index contributed by atoms with van der Waals surface area (Å²) in [5.74, 6) is -0.328. The van der Waals surface area contributed by atoms with Crippen LogP contribution < -0.4 is 10.1 Å². The molecule has 4 nitrogen and oxygen atoms in total. The van der Waals surface area contributed by atoms with E-state index in [1.165, 1.54) is 42.7 Å². The fraction of sp³-hybridized carbons (Fsp3) is 0.167. The molecule has 1 aromatic heterocycles. The highest BCUT2D eigenvalue weighted by atomic mass is 19.4. The van der Waals surface area contributed by atoms with Gasteiger partial charge in [0.05, 0.1) is 5.69 Å². The predicted molar refractivity (Wildman–Crippen MR) is 85.6 cm³/mol. The smallest absolute Gasteiger partial charge is 0.444 e. The minimum atomic E-state index is -4.70. The van der Waals surface area contributed by atoms with Gasteiger partial charge in [-0.25, -0.2) is 9.37 Å². The Morgan fingerprint density at radius 1 is 1.04 bits per heavy atom. The first-order valence-electron chi connectivity index (χ1n) is 7.65. The van der Waals surface area contributed by atoms with Crippen LogP contribution in [0.15, 0.2) is 59.2 Å². The molecule has 0 aliphatic heterocycles. The van der Waals surface area contributed by atoms with E-state index in [0.29, 0.717) is 30.2 Å². The maximum Gasteiger partial charge on any atom is 0.573 e. The van der Waals surface area contributed by atoms with E-state index < -0.39 is 6.36 Å². The summed E-state index contributed by atoms with van der Waals surface area (Å²) in [6.45, 7) is 0.814. The lowest BCUT2D eigenvalue weighted by molar-refractivity contribution is -0.274. The molecular formula is C18H14F4N2O2. The number of benzene rings is 2. The molecule has 2 aromatic carbocycles. The fourth-order valence-corrected chi connectivity index (χ4v) is 2.29. The predicted octanol–water partition coefficient (Wildman–Crippen LogP) is 4.67. The minimum absolute atomic E-state index is 0.266. The van der Waals surface area contributed by atoms with Crippen LogP contribution in [0.1, 0.15) is 11.3 Å². The van der Waals surface area contributed by atoms with Crippen LogP contribution in [-0.4, -0.2) is 11.3 Å². The summed E-state index contributed by atoms with van der Waals surface area (Å²) >= 11 is 0. The molecule has 0 aliphatic carbocycles. The summed E-state index contributed by atoms with van der Waals surface area (Å²) in [7, 11) is 0. The normalized spacial score (nSPS) is 11.5. The highest BCUT2D eigenvalue weighted by Gasteiger charge is 2.30. The summed E-state index contributed by atoms with van der Waals surface area (Å²) in [6.07, 6.45) is -3.24. The number of oxazole rings is 1. The second kappa shape index (κ2) is 7.57. The van der Waals surface area contributed by atoms with Crippen LogP contribution in [0.2, 0.25) is 0 Å². The third kappa shape index (κ3) is 5.06. The van der Waals surface area contributed by atoms with Crippen molar-refractivity contribution in [1.29, 1.82) is 0 Å². The minimum Gasteiger partial charge on any atom is -0.444 e. The van der Waals surface area contributed by atoms with Crippen molar-refractivity contribution in [1.82, 2.24) is 10.3 Å². The highest BCUT2D eigenvalue weighted by Crippen LogP contribution is 2.23. The fourth-order valence-electron chi connectivity index (χ4n) is 2.29. The summed E-state index contributed by atoms with van der Waals surface area (Å²) in [5.41, 5.74) is 1.95. The molecule has 0 radical (unpaired) electrons. The van der Waals surface area contributed by atoms with Crippen molar-refractivity contribution in [2.45, 2.75) is 19.5 Å². The SMILES string of the molecule is Fc1cccc(-c2nc(CNCc3ccc(OC(F)(F)F)cc3)co2)c1. The van der Waals surface area contributed by atoms with Crippen molar-refractivity contribution in [3.05, 3.63) is 71.9 Å². The number of ether oxygens (including phenoxy) is 1. The Morgan fingerprint density at radius 2 is 1.81 bits per heavy atom. The molecular weight excluding hydrogens is 352 g/mol. The van der Waals surface area contributed by atoms with Gasteiger partial charge in [0.15, 0.2) is 0 Å². The molecule has 0 unspecified atom stereocenters. The van der Waals surface area contributed by atoms with Gasteiger partial charge < -0.3 is 14.5 Å². The second-order valence-electron chi connectivity index (χ2n) is 5.45. The van der Waals surface area contributed by atoms with Gasteiger partial charge in [0.2, 0.25) is 5.89 Å². The maximum absolute atomic E-state index is 13.2. The van der Waals surface area contributed by atoms with E-state index in [0.717, 1.165) is 5.56 Å². The summed E-state index contributed by atoms with van der Waals surface area (Å²) < 4.78 is 58.7. The zero-order valence-corrected chi connectivity index (χ0v) is 13.4. The molecule has 1 N–H and O–H groups in total. The van der Waals surface area contributed by atoms with E-state index >= 15 is 0 Å². The third-order valence-corrected chi connectivity index (χ3v) is 3.42. The summed E-state index contributed by atoms with van der Waals surface area (Å²) in [5, 5.41) is 3.10. The third-order valence-electron chi connectivity index (χ3n) is 3.42. The lowest BCUT2D eigenvalue weighted by atomic mass is 10.2. The largest absolute Gasteiger partial charge is 0.573 e. The molecule has 0 aliphatic rings. The summed E-state index contributed by atoms with van der Waals surface area (Å²) in [4.78, 5) is 4.27. The Balaban J connectivity index is 1.52. The van der Waals surface area contributed by atoms with Crippen LogP contribution in [0.25, 0.3) is 11.5 Å². The Labute approximate surface area is 146 Å². The van der Waals surface area contributed by atoms with E-state index in [2.05, 4.69) is 15.0 Å². The first kappa shape index (κ1) is 17.9. The number of hydrogen-bond acceptors (Lipinski definition) is 4. The van der Waals surface area contributed by atoms with Gasteiger partial charge in [-0.3, -0.25) is 0 Å². The molecule has 0 amide bonds. The molecule has 0 saturated heterocycles.